The highest BCUT2D eigenvalue weighted by atomic mass is 16.5. The van der Waals surface area contributed by atoms with E-state index >= 15 is 0 Å². The summed E-state index contributed by atoms with van der Waals surface area (Å²) in [6, 6.07) is 11.1. The SMILES string of the molecule is Cc1cc(=O)c(OCc2ccccc2)cn1CC(=O)NC[C@@H]1CCCO1. The Morgan fingerprint density at radius 3 is 2.88 bits per heavy atom. The van der Waals surface area contributed by atoms with E-state index in [2.05, 4.69) is 5.32 Å². The zero-order valence-corrected chi connectivity index (χ0v) is 14.9. The van der Waals surface area contributed by atoms with Gasteiger partial charge in [-0.25, -0.2) is 0 Å². The third-order valence-corrected chi connectivity index (χ3v) is 4.41. The van der Waals surface area contributed by atoms with Crippen LogP contribution in [0.4, 0.5) is 0 Å². The topological polar surface area (TPSA) is 69.6 Å². The van der Waals surface area contributed by atoms with Gasteiger partial charge in [0.15, 0.2) is 5.75 Å². The Bertz CT molecular complexity index is 795. The Kier molecular flexibility index (Phi) is 6.07. The number of aryl methyl sites for hydroxylation is 1. The Balaban J connectivity index is 1.61. The summed E-state index contributed by atoms with van der Waals surface area (Å²) >= 11 is 0. The van der Waals surface area contributed by atoms with Crippen molar-refractivity contribution in [2.24, 2.45) is 0 Å². The molecule has 0 bridgehead atoms. The van der Waals surface area contributed by atoms with Gasteiger partial charge in [-0.15, -0.1) is 0 Å². The molecule has 6 nitrogen and oxygen atoms in total. The van der Waals surface area contributed by atoms with Crippen molar-refractivity contribution in [3.8, 4) is 5.75 Å². The maximum Gasteiger partial charge on any atom is 0.240 e. The Morgan fingerprint density at radius 2 is 2.15 bits per heavy atom. The minimum atomic E-state index is -0.186. The lowest BCUT2D eigenvalue weighted by atomic mass is 10.2. The van der Waals surface area contributed by atoms with Crippen molar-refractivity contribution in [1.82, 2.24) is 9.88 Å². The fraction of sp³-hybridized carbons (Fsp3) is 0.400. The average molecular weight is 356 g/mol. The molecular formula is C20H24N2O4. The largest absolute Gasteiger partial charge is 0.483 e. The number of benzene rings is 1. The quantitative estimate of drug-likeness (QED) is 0.824. The van der Waals surface area contributed by atoms with Crippen molar-refractivity contribution in [1.29, 1.82) is 0 Å². The summed E-state index contributed by atoms with van der Waals surface area (Å²) < 4.78 is 12.9. The number of carbonyl (C=O) groups is 1. The second-order valence-electron chi connectivity index (χ2n) is 6.48. The Hall–Kier alpha value is -2.60. The van der Waals surface area contributed by atoms with Crippen molar-refractivity contribution in [3.05, 3.63) is 64.1 Å². The molecule has 1 aromatic carbocycles. The van der Waals surface area contributed by atoms with E-state index in [4.69, 9.17) is 9.47 Å². The van der Waals surface area contributed by atoms with E-state index < -0.39 is 0 Å². The molecule has 1 aliphatic rings. The fourth-order valence-electron chi connectivity index (χ4n) is 2.91. The first-order valence-electron chi connectivity index (χ1n) is 8.88. The zero-order valence-electron chi connectivity index (χ0n) is 14.9. The molecule has 0 aliphatic carbocycles. The monoisotopic (exact) mass is 356 g/mol. The maximum atomic E-state index is 12.2. The van der Waals surface area contributed by atoms with Gasteiger partial charge in [0.2, 0.25) is 11.3 Å². The molecule has 6 heteroatoms. The number of nitrogens with one attached hydrogen (secondary N) is 1. The van der Waals surface area contributed by atoms with Crippen LogP contribution in [0.2, 0.25) is 0 Å². The van der Waals surface area contributed by atoms with Gasteiger partial charge in [-0.05, 0) is 25.3 Å². The minimum Gasteiger partial charge on any atom is -0.483 e. The molecule has 1 aliphatic heterocycles. The second kappa shape index (κ2) is 8.67. The number of carbonyl (C=O) groups excluding carboxylic acids is 1. The van der Waals surface area contributed by atoms with E-state index in [1.54, 1.807) is 17.7 Å². The molecule has 1 atom stereocenters. The van der Waals surface area contributed by atoms with Crippen molar-refractivity contribution in [2.45, 2.75) is 39.0 Å². The highest BCUT2D eigenvalue weighted by molar-refractivity contribution is 5.75. The lowest BCUT2D eigenvalue weighted by Crippen LogP contribution is -2.34. The van der Waals surface area contributed by atoms with Gasteiger partial charge in [-0.1, -0.05) is 30.3 Å². The maximum absolute atomic E-state index is 12.2. The summed E-state index contributed by atoms with van der Waals surface area (Å²) in [6.07, 6.45) is 3.74. The number of hydrogen-bond acceptors (Lipinski definition) is 4. The molecule has 2 heterocycles. The van der Waals surface area contributed by atoms with Crippen molar-refractivity contribution < 1.29 is 14.3 Å². The molecular weight excluding hydrogens is 332 g/mol. The van der Waals surface area contributed by atoms with Crippen LogP contribution in [0, 0.1) is 6.92 Å². The van der Waals surface area contributed by atoms with Crippen LogP contribution >= 0.6 is 0 Å². The highest BCUT2D eigenvalue weighted by Gasteiger charge is 2.16. The van der Waals surface area contributed by atoms with Gasteiger partial charge in [0.1, 0.15) is 13.2 Å². The van der Waals surface area contributed by atoms with Crippen LogP contribution in [0.15, 0.2) is 47.4 Å². The smallest absolute Gasteiger partial charge is 0.240 e. The number of ether oxygens (including phenoxy) is 2. The molecule has 2 aromatic rings. The van der Waals surface area contributed by atoms with Crippen LogP contribution in [0.1, 0.15) is 24.1 Å². The van der Waals surface area contributed by atoms with Gasteiger partial charge in [0.25, 0.3) is 0 Å². The summed E-state index contributed by atoms with van der Waals surface area (Å²) in [5, 5.41) is 2.89. The average Bonchev–Trinajstić information content (AvgIpc) is 3.16. The van der Waals surface area contributed by atoms with E-state index in [9.17, 15) is 9.59 Å². The lowest BCUT2D eigenvalue weighted by molar-refractivity contribution is -0.122. The molecule has 0 saturated carbocycles. The summed E-state index contributed by atoms with van der Waals surface area (Å²) in [5.74, 6) is 0.132. The van der Waals surface area contributed by atoms with Crippen LogP contribution < -0.4 is 15.5 Å². The van der Waals surface area contributed by atoms with Crippen LogP contribution in [0.5, 0.6) is 5.75 Å². The third kappa shape index (κ3) is 4.95. The first-order valence-corrected chi connectivity index (χ1v) is 8.88. The molecule has 3 rings (SSSR count). The van der Waals surface area contributed by atoms with Gasteiger partial charge >= 0.3 is 0 Å². The molecule has 1 aromatic heterocycles. The van der Waals surface area contributed by atoms with Crippen molar-refractivity contribution >= 4 is 5.91 Å². The summed E-state index contributed by atoms with van der Waals surface area (Å²) in [7, 11) is 0. The first kappa shape index (κ1) is 18.2. The van der Waals surface area contributed by atoms with Gasteiger partial charge in [0, 0.05) is 24.9 Å². The van der Waals surface area contributed by atoms with Crippen LogP contribution in [-0.2, 0) is 22.7 Å². The summed E-state index contributed by atoms with van der Waals surface area (Å²) in [4.78, 5) is 24.3. The molecule has 1 amide bonds. The summed E-state index contributed by atoms with van der Waals surface area (Å²) in [5.41, 5.74) is 1.51. The predicted octanol–water partition coefficient (Wildman–Crippen LogP) is 2.03. The zero-order chi connectivity index (χ0) is 18.4. The molecule has 138 valence electrons. The van der Waals surface area contributed by atoms with E-state index in [-0.39, 0.29) is 29.7 Å². The minimum absolute atomic E-state index is 0.110. The third-order valence-electron chi connectivity index (χ3n) is 4.41. The van der Waals surface area contributed by atoms with E-state index in [1.165, 1.54) is 6.07 Å². The van der Waals surface area contributed by atoms with E-state index in [0.717, 1.165) is 25.0 Å². The first-order chi connectivity index (χ1) is 12.6. The van der Waals surface area contributed by atoms with Crippen molar-refractivity contribution in [2.75, 3.05) is 13.2 Å². The number of pyridine rings is 1. The van der Waals surface area contributed by atoms with Gasteiger partial charge < -0.3 is 19.4 Å². The summed E-state index contributed by atoms with van der Waals surface area (Å²) in [6.45, 7) is 3.54. The van der Waals surface area contributed by atoms with E-state index in [1.807, 2.05) is 30.3 Å². The molecule has 1 saturated heterocycles. The van der Waals surface area contributed by atoms with Crippen LogP contribution in [-0.4, -0.2) is 29.7 Å². The number of amides is 1. The van der Waals surface area contributed by atoms with Gasteiger partial charge in [-0.2, -0.15) is 0 Å². The molecule has 0 radical (unpaired) electrons. The number of aromatic nitrogens is 1. The Morgan fingerprint density at radius 1 is 1.35 bits per heavy atom. The molecule has 1 N–H and O–H groups in total. The van der Waals surface area contributed by atoms with Crippen LogP contribution in [0.3, 0.4) is 0 Å². The fourth-order valence-corrected chi connectivity index (χ4v) is 2.91. The number of rotatable bonds is 7. The second-order valence-corrected chi connectivity index (χ2v) is 6.48. The molecule has 0 spiro atoms. The van der Waals surface area contributed by atoms with E-state index in [0.29, 0.717) is 18.8 Å². The van der Waals surface area contributed by atoms with Gasteiger partial charge in [-0.3, -0.25) is 9.59 Å². The lowest BCUT2D eigenvalue weighted by Gasteiger charge is -2.15. The molecule has 1 fully saturated rings. The standard InChI is InChI=1S/C20H24N2O4/c1-15-10-18(23)19(26-14-16-6-3-2-4-7-16)12-22(15)13-20(24)21-11-17-8-5-9-25-17/h2-4,6-7,10,12,17H,5,8-9,11,13-14H2,1H3,(H,21,24)/t17-/m0/s1. The number of hydrogen-bond donors (Lipinski definition) is 1. The number of nitrogens with zero attached hydrogens (tertiary/aromatic N) is 1. The molecule has 0 unspecified atom stereocenters. The van der Waals surface area contributed by atoms with Crippen molar-refractivity contribution in [3.63, 3.8) is 0 Å². The normalized spacial score (nSPS) is 16.4. The highest BCUT2D eigenvalue weighted by Crippen LogP contribution is 2.11. The van der Waals surface area contributed by atoms with Gasteiger partial charge in [0.05, 0.1) is 12.3 Å². The Labute approximate surface area is 152 Å². The molecule has 26 heavy (non-hydrogen) atoms. The van der Waals surface area contributed by atoms with Crippen LogP contribution in [0.25, 0.3) is 0 Å². The predicted molar refractivity (Wildman–Crippen MR) is 98.2 cm³/mol.